The quantitative estimate of drug-likeness (QED) is 0.344. The van der Waals surface area contributed by atoms with E-state index in [-0.39, 0.29) is 48.3 Å². The van der Waals surface area contributed by atoms with Gasteiger partial charge in [-0.2, -0.15) is 0 Å². The molecule has 0 saturated carbocycles. The van der Waals surface area contributed by atoms with E-state index in [2.05, 4.69) is 29.0 Å². The molecule has 3 aromatic heterocycles. The monoisotopic (exact) mass is 601 g/mol. The normalized spacial score (nSPS) is 21.7. The predicted octanol–water partition coefficient (Wildman–Crippen LogP) is 4.32. The second kappa shape index (κ2) is 12.0. The highest BCUT2D eigenvalue weighted by atomic mass is 32.2. The van der Waals surface area contributed by atoms with Gasteiger partial charge >= 0.3 is 0 Å². The number of fused-ring (bicyclic) bond motifs is 2. The molecule has 224 valence electrons. The second-order valence-corrected chi connectivity index (χ2v) is 13.4. The average Bonchev–Trinajstić information content (AvgIpc) is 3.13. The van der Waals surface area contributed by atoms with E-state index < -0.39 is 15.1 Å². The SMILES string of the molecule is CC[C@H]1COCc2ccc(C(=O)NCc3cc4nc(-c5cccc(N6C[C@@H](C)O[C@@H](C)C6)n5)ccc4cn3)cc2S1(=O)=O. The summed E-state index contributed by atoms with van der Waals surface area (Å²) in [6.07, 6.45) is 2.43. The minimum absolute atomic E-state index is 0.132. The van der Waals surface area contributed by atoms with Gasteiger partial charge in [0, 0.05) is 30.2 Å². The van der Waals surface area contributed by atoms with Gasteiger partial charge < -0.3 is 19.7 Å². The topological polar surface area (TPSA) is 124 Å². The van der Waals surface area contributed by atoms with Gasteiger partial charge in [-0.05, 0) is 68.3 Å². The summed E-state index contributed by atoms with van der Waals surface area (Å²) in [6.45, 7) is 8.03. The van der Waals surface area contributed by atoms with Gasteiger partial charge in [0.15, 0.2) is 9.84 Å². The molecule has 0 spiro atoms. The Balaban J connectivity index is 1.19. The fourth-order valence-corrected chi connectivity index (χ4v) is 7.52. The molecule has 3 atom stereocenters. The molecule has 11 heteroatoms. The number of morpholine rings is 1. The molecule has 1 N–H and O–H groups in total. The molecule has 0 bridgehead atoms. The molecule has 1 fully saturated rings. The first-order valence-corrected chi connectivity index (χ1v) is 16.1. The van der Waals surface area contributed by atoms with Crippen molar-refractivity contribution in [3.63, 3.8) is 0 Å². The number of hydrogen-bond donors (Lipinski definition) is 1. The zero-order chi connectivity index (χ0) is 30.1. The number of carbonyl (C=O) groups is 1. The van der Waals surface area contributed by atoms with Gasteiger partial charge in [-0.15, -0.1) is 0 Å². The highest BCUT2D eigenvalue weighted by Crippen LogP contribution is 2.28. The molecule has 0 aliphatic carbocycles. The summed E-state index contributed by atoms with van der Waals surface area (Å²) in [7, 11) is -3.60. The standard InChI is InChI=1S/C32H35N5O5S/c1-4-26-19-41-18-24-9-8-22(12-30(24)43(26,39)40)32(38)34-15-25-13-29-23(14-33-25)10-11-28(35-29)27-6-5-7-31(36-27)37-16-20(2)42-21(3)17-37/h5-14,20-21,26H,4,15-19H2,1-3H3,(H,34,38)/t20-,21+,26-/m0/s1. The van der Waals surface area contributed by atoms with Gasteiger partial charge in [-0.1, -0.05) is 19.1 Å². The summed E-state index contributed by atoms with van der Waals surface area (Å²) in [5.41, 5.74) is 3.72. The largest absolute Gasteiger partial charge is 0.375 e. The number of hydrogen-bond acceptors (Lipinski definition) is 9. The maximum Gasteiger partial charge on any atom is 0.251 e. The smallest absolute Gasteiger partial charge is 0.251 e. The fraction of sp³-hybridized carbons (Fsp3) is 0.375. The average molecular weight is 602 g/mol. The first-order chi connectivity index (χ1) is 20.7. The Labute approximate surface area is 251 Å². The van der Waals surface area contributed by atoms with Gasteiger partial charge in [0.1, 0.15) is 5.82 Å². The van der Waals surface area contributed by atoms with Crippen molar-refractivity contribution >= 4 is 32.5 Å². The van der Waals surface area contributed by atoms with Crippen molar-refractivity contribution in [2.24, 2.45) is 0 Å². The van der Waals surface area contributed by atoms with Crippen LogP contribution in [0, 0.1) is 0 Å². The molecule has 6 rings (SSSR count). The van der Waals surface area contributed by atoms with E-state index in [1.165, 1.54) is 6.07 Å². The molecule has 1 aromatic carbocycles. The minimum atomic E-state index is -3.60. The Bertz CT molecular complexity index is 1770. The van der Waals surface area contributed by atoms with Crippen molar-refractivity contribution in [1.29, 1.82) is 0 Å². The summed E-state index contributed by atoms with van der Waals surface area (Å²) in [6, 6.07) is 16.4. The molecule has 1 saturated heterocycles. The van der Waals surface area contributed by atoms with E-state index in [0.717, 1.165) is 41.2 Å². The molecule has 2 aliphatic rings. The van der Waals surface area contributed by atoms with Crippen molar-refractivity contribution in [3.05, 3.63) is 77.6 Å². The maximum absolute atomic E-state index is 13.1. The van der Waals surface area contributed by atoms with Crippen molar-refractivity contribution in [2.75, 3.05) is 24.6 Å². The second-order valence-electron chi connectivity index (χ2n) is 11.2. The van der Waals surface area contributed by atoms with Crippen molar-refractivity contribution in [1.82, 2.24) is 20.3 Å². The Hall–Kier alpha value is -3.93. The lowest BCUT2D eigenvalue weighted by atomic mass is 10.1. The number of benzene rings is 1. The van der Waals surface area contributed by atoms with Gasteiger partial charge in [0.2, 0.25) is 0 Å². The highest BCUT2D eigenvalue weighted by molar-refractivity contribution is 7.92. The van der Waals surface area contributed by atoms with Crippen LogP contribution in [0.1, 0.15) is 48.8 Å². The Morgan fingerprint density at radius 2 is 1.81 bits per heavy atom. The van der Waals surface area contributed by atoms with E-state index in [9.17, 15) is 13.2 Å². The molecule has 10 nitrogen and oxygen atoms in total. The van der Waals surface area contributed by atoms with Crippen LogP contribution in [0.4, 0.5) is 5.82 Å². The summed E-state index contributed by atoms with van der Waals surface area (Å²) in [5.74, 6) is 0.510. The number of amides is 1. The lowest BCUT2D eigenvalue weighted by Crippen LogP contribution is -2.45. The summed E-state index contributed by atoms with van der Waals surface area (Å²) >= 11 is 0. The molecule has 43 heavy (non-hydrogen) atoms. The minimum Gasteiger partial charge on any atom is -0.375 e. The summed E-state index contributed by atoms with van der Waals surface area (Å²) < 4.78 is 37.7. The lowest BCUT2D eigenvalue weighted by Gasteiger charge is -2.36. The van der Waals surface area contributed by atoms with Crippen LogP contribution < -0.4 is 10.2 Å². The molecule has 1 amide bonds. The van der Waals surface area contributed by atoms with Crippen LogP contribution in [0.15, 0.2) is 65.7 Å². The van der Waals surface area contributed by atoms with Crippen LogP contribution in [0.25, 0.3) is 22.3 Å². The molecule has 5 heterocycles. The van der Waals surface area contributed by atoms with Crippen molar-refractivity contribution in [3.8, 4) is 11.4 Å². The Morgan fingerprint density at radius 1 is 1.02 bits per heavy atom. The third-order valence-electron chi connectivity index (χ3n) is 7.89. The third kappa shape index (κ3) is 6.11. The predicted molar refractivity (Wildman–Crippen MR) is 164 cm³/mol. The van der Waals surface area contributed by atoms with Crippen LogP contribution in [0.5, 0.6) is 0 Å². The number of ether oxygens (including phenoxy) is 2. The number of rotatable bonds is 6. The Morgan fingerprint density at radius 3 is 2.60 bits per heavy atom. The number of sulfone groups is 1. The first-order valence-electron chi connectivity index (χ1n) is 14.6. The summed E-state index contributed by atoms with van der Waals surface area (Å²) in [5, 5.41) is 3.11. The molecular weight excluding hydrogens is 566 g/mol. The molecule has 2 aliphatic heterocycles. The lowest BCUT2D eigenvalue weighted by molar-refractivity contribution is -0.00545. The zero-order valence-electron chi connectivity index (χ0n) is 24.5. The van der Waals surface area contributed by atoms with Crippen LogP contribution in [-0.2, 0) is 32.5 Å². The van der Waals surface area contributed by atoms with Gasteiger partial charge in [-0.3, -0.25) is 9.78 Å². The van der Waals surface area contributed by atoms with E-state index >= 15 is 0 Å². The fourth-order valence-electron chi connectivity index (χ4n) is 5.66. The van der Waals surface area contributed by atoms with Crippen molar-refractivity contribution < 1.29 is 22.7 Å². The van der Waals surface area contributed by atoms with Gasteiger partial charge in [0.25, 0.3) is 5.91 Å². The zero-order valence-corrected chi connectivity index (χ0v) is 25.3. The number of nitrogens with one attached hydrogen (secondary N) is 1. The highest BCUT2D eigenvalue weighted by Gasteiger charge is 2.32. The molecule has 0 radical (unpaired) electrons. The Kier molecular flexibility index (Phi) is 8.13. The number of carbonyl (C=O) groups excluding carboxylic acids is 1. The first kappa shape index (κ1) is 29.2. The molecule has 4 aromatic rings. The third-order valence-corrected chi connectivity index (χ3v) is 10.2. The number of pyridine rings is 3. The maximum atomic E-state index is 13.1. The molecule has 0 unspecified atom stereocenters. The van der Waals surface area contributed by atoms with Crippen molar-refractivity contribution in [2.45, 2.75) is 62.7 Å². The number of aromatic nitrogens is 3. The van der Waals surface area contributed by atoms with Gasteiger partial charge in [0.05, 0.1) is 64.7 Å². The van der Waals surface area contributed by atoms with Gasteiger partial charge in [-0.25, -0.2) is 18.4 Å². The van der Waals surface area contributed by atoms with Crippen LogP contribution in [0.3, 0.4) is 0 Å². The van der Waals surface area contributed by atoms with E-state index in [4.69, 9.17) is 19.4 Å². The van der Waals surface area contributed by atoms with E-state index in [1.54, 1.807) is 18.3 Å². The van der Waals surface area contributed by atoms with Crippen LogP contribution in [-0.4, -0.2) is 66.4 Å². The molecular formula is C32H35N5O5S. The summed E-state index contributed by atoms with van der Waals surface area (Å²) in [4.78, 5) is 29.7. The number of anilines is 1. The van der Waals surface area contributed by atoms with E-state index in [1.807, 2.05) is 43.3 Å². The van der Waals surface area contributed by atoms with Crippen LogP contribution >= 0.6 is 0 Å². The van der Waals surface area contributed by atoms with E-state index in [0.29, 0.717) is 17.7 Å². The number of nitrogens with zero attached hydrogens (tertiary/aromatic N) is 4. The van der Waals surface area contributed by atoms with Crippen LogP contribution in [0.2, 0.25) is 0 Å².